The van der Waals surface area contributed by atoms with Crippen LogP contribution in [-0.4, -0.2) is 0 Å². The molecule has 0 fully saturated rings. The zero-order valence-corrected chi connectivity index (χ0v) is 20.4. The van der Waals surface area contributed by atoms with Gasteiger partial charge in [0.1, 0.15) is 0 Å². The SMILES string of the molecule is Cc1c[n+](-c2cccc(-c3cccc(-[n+]4cc(C)c(N)c5ccccc54)c3)c2)c2ccccc2c1N. The Bertz CT molecular complexity index is 1650. The highest BCUT2D eigenvalue weighted by atomic mass is 15.0. The predicted molar refractivity (Wildman–Crippen MR) is 148 cm³/mol. The number of aromatic nitrogens is 2. The number of rotatable bonds is 3. The van der Waals surface area contributed by atoms with Gasteiger partial charge in [0.05, 0.1) is 22.1 Å². The van der Waals surface area contributed by atoms with Gasteiger partial charge >= 0.3 is 0 Å². The van der Waals surface area contributed by atoms with E-state index in [1.807, 2.05) is 12.1 Å². The molecule has 0 radical (unpaired) electrons. The fourth-order valence-electron chi connectivity index (χ4n) is 5.01. The molecule has 0 bridgehead atoms. The molecule has 0 atom stereocenters. The molecule has 6 aromatic rings. The molecule has 4 nitrogen and oxygen atoms in total. The van der Waals surface area contributed by atoms with E-state index >= 15 is 0 Å². The van der Waals surface area contributed by atoms with Gasteiger partial charge in [0.2, 0.25) is 22.4 Å². The first-order valence-electron chi connectivity index (χ1n) is 12.1. The largest absolute Gasteiger partial charge is 0.398 e. The number of fused-ring (bicyclic) bond motifs is 2. The van der Waals surface area contributed by atoms with Crippen LogP contribution in [0.2, 0.25) is 0 Å². The number of hydrogen-bond acceptors (Lipinski definition) is 2. The molecule has 36 heavy (non-hydrogen) atoms. The third kappa shape index (κ3) is 3.55. The number of benzene rings is 4. The summed E-state index contributed by atoms with van der Waals surface area (Å²) >= 11 is 0. The molecule has 0 aliphatic heterocycles. The third-order valence-corrected chi connectivity index (χ3v) is 6.98. The molecule has 6 rings (SSSR count). The Hall–Kier alpha value is -4.70. The first-order chi connectivity index (χ1) is 17.5. The maximum absolute atomic E-state index is 6.39. The molecule has 0 aliphatic rings. The smallest absolute Gasteiger partial charge is 0.220 e. The molecule has 174 valence electrons. The first kappa shape index (κ1) is 21.8. The molecule has 2 aromatic heterocycles. The summed E-state index contributed by atoms with van der Waals surface area (Å²) in [6, 6.07) is 33.9. The van der Waals surface area contributed by atoms with Crippen LogP contribution in [-0.2, 0) is 0 Å². The quantitative estimate of drug-likeness (QED) is 0.313. The van der Waals surface area contributed by atoms with E-state index in [0.717, 1.165) is 66.8 Å². The molecule has 2 heterocycles. The summed E-state index contributed by atoms with van der Waals surface area (Å²) in [5.41, 5.74) is 23.2. The average Bonchev–Trinajstić information content (AvgIpc) is 2.93. The van der Waals surface area contributed by atoms with E-state index in [1.165, 1.54) is 0 Å². The molecule has 4 N–H and O–H groups in total. The van der Waals surface area contributed by atoms with Crippen LogP contribution in [0.1, 0.15) is 11.1 Å². The maximum atomic E-state index is 6.39. The van der Waals surface area contributed by atoms with Crippen molar-refractivity contribution in [3.63, 3.8) is 0 Å². The summed E-state index contributed by atoms with van der Waals surface area (Å²) in [4.78, 5) is 0. The summed E-state index contributed by atoms with van der Waals surface area (Å²) in [6.45, 7) is 4.11. The Morgan fingerprint density at radius 3 is 1.36 bits per heavy atom. The molecule has 0 saturated carbocycles. The van der Waals surface area contributed by atoms with Gasteiger partial charge in [0, 0.05) is 47.5 Å². The number of para-hydroxylation sites is 2. The van der Waals surface area contributed by atoms with Crippen LogP contribution in [0.25, 0.3) is 44.3 Å². The van der Waals surface area contributed by atoms with Crippen LogP contribution in [0.3, 0.4) is 0 Å². The lowest BCUT2D eigenvalue weighted by Gasteiger charge is -2.09. The molecule has 0 amide bonds. The normalized spacial score (nSPS) is 11.3. The lowest BCUT2D eigenvalue weighted by molar-refractivity contribution is -0.567. The monoisotopic (exact) mass is 468 g/mol. The van der Waals surface area contributed by atoms with Crippen molar-refractivity contribution in [2.75, 3.05) is 11.5 Å². The Morgan fingerprint density at radius 2 is 0.917 bits per heavy atom. The van der Waals surface area contributed by atoms with Gasteiger partial charge < -0.3 is 11.5 Å². The number of nitrogens with two attached hydrogens (primary N) is 2. The zero-order chi connectivity index (χ0) is 24.8. The summed E-state index contributed by atoms with van der Waals surface area (Å²) in [5, 5.41) is 2.12. The predicted octanol–water partition coefficient (Wildman–Crippen LogP) is 5.99. The fraction of sp³-hybridized carbons (Fsp3) is 0.0625. The second-order valence-corrected chi connectivity index (χ2v) is 9.33. The highest BCUT2D eigenvalue weighted by molar-refractivity contribution is 5.90. The number of nitrogens with zero attached hydrogens (tertiary/aromatic N) is 2. The van der Waals surface area contributed by atoms with Crippen molar-refractivity contribution >= 4 is 33.2 Å². The van der Waals surface area contributed by atoms with Gasteiger partial charge in [-0.3, -0.25) is 0 Å². The maximum Gasteiger partial charge on any atom is 0.220 e. The molecule has 4 heteroatoms. The second-order valence-electron chi connectivity index (χ2n) is 9.33. The van der Waals surface area contributed by atoms with Gasteiger partial charge in [-0.2, -0.15) is 9.13 Å². The van der Waals surface area contributed by atoms with E-state index in [-0.39, 0.29) is 0 Å². The van der Waals surface area contributed by atoms with Crippen molar-refractivity contribution in [1.29, 1.82) is 0 Å². The van der Waals surface area contributed by atoms with E-state index in [9.17, 15) is 0 Å². The summed E-state index contributed by atoms with van der Waals surface area (Å²) in [5.74, 6) is 0. The van der Waals surface area contributed by atoms with Crippen molar-refractivity contribution in [3.8, 4) is 22.5 Å². The number of pyridine rings is 2. The van der Waals surface area contributed by atoms with Gasteiger partial charge in [-0.05, 0) is 37.1 Å². The Morgan fingerprint density at radius 1 is 0.500 bits per heavy atom. The number of nitrogen functional groups attached to an aromatic ring is 2. The van der Waals surface area contributed by atoms with Crippen molar-refractivity contribution in [2.45, 2.75) is 13.8 Å². The molecule has 0 saturated heterocycles. The van der Waals surface area contributed by atoms with Gasteiger partial charge in [-0.15, -0.1) is 0 Å². The minimum atomic E-state index is 0.828. The van der Waals surface area contributed by atoms with Crippen molar-refractivity contribution in [3.05, 3.63) is 121 Å². The summed E-state index contributed by atoms with van der Waals surface area (Å²) < 4.78 is 4.44. The van der Waals surface area contributed by atoms with E-state index in [0.29, 0.717) is 0 Å². The minimum absolute atomic E-state index is 0.828. The fourth-order valence-corrected chi connectivity index (χ4v) is 5.01. The van der Waals surface area contributed by atoms with Crippen LogP contribution in [0.4, 0.5) is 11.4 Å². The highest BCUT2D eigenvalue weighted by Gasteiger charge is 2.19. The van der Waals surface area contributed by atoms with Crippen molar-refractivity contribution < 1.29 is 9.13 Å². The third-order valence-electron chi connectivity index (χ3n) is 6.98. The average molecular weight is 469 g/mol. The highest BCUT2D eigenvalue weighted by Crippen LogP contribution is 2.27. The van der Waals surface area contributed by atoms with E-state index < -0.39 is 0 Å². The Balaban J connectivity index is 1.49. The second kappa shape index (κ2) is 8.51. The lowest BCUT2D eigenvalue weighted by atomic mass is 10.0. The van der Waals surface area contributed by atoms with Crippen LogP contribution in [0.5, 0.6) is 0 Å². The molecular formula is C32H28N4+2. The van der Waals surface area contributed by atoms with Crippen LogP contribution in [0.15, 0.2) is 109 Å². The van der Waals surface area contributed by atoms with Gasteiger partial charge in [-0.25, -0.2) is 0 Å². The van der Waals surface area contributed by atoms with Gasteiger partial charge in [0.15, 0.2) is 12.4 Å². The molecule has 0 aliphatic carbocycles. The van der Waals surface area contributed by atoms with Crippen molar-refractivity contribution in [2.24, 2.45) is 0 Å². The zero-order valence-electron chi connectivity index (χ0n) is 20.4. The number of hydrogen-bond donors (Lipinski definition) is 2. The van der Waals surface area contributed by atoms with Gasteiger partial charge in [0.25, 0.3) is 0 Å². The Kier molecular flexibility index (Phi) is 5.15. The molecule has 4 aromatic carbocycles. The number of aryl methyl sites for hydroxylation is 2. The van der Waals surface area contributed by atoms with Crippen LogP contribution < -0.4 is 20.6 Å². The van der Waals surface area contributed by atoms with Crippen LogP contribution in [0, 0.1) is 13.8 Å². The van der Waals surface area contributed by atoms with Crippen molar-refractivity contribution in [1.82, 2.24) is 0 Å². The van der Waals surface area contributed by atoms with E-state index in [4.69, 9.17) is 11.5 Å². The molecule has 0 unspecified atom stereocenters. The van der Waals surface area contributed by atoms with E-state index in [2.05, 4.69) is 120 Å². The van der Waals surface area contributed by atoms with Gasteiger partial charge in [-0.1, -0.05) is 48.5 Å². The first-order valence-corrected chi connectivity index (χ1v) is 12.1. The minimum Gasteiger partial charge on any atom is -0.398 e. The summed E-state index contributed by atoms with van der Waals surface area (Å²) in [7, 11) is 0. The van der Waals surface area contributed by atoms with Crippen LogP contribution >= 0.6 is 0 Å². The molecular weight excluding hydrogens is 440 g/mol. The topological polar surface area (TPSA) is 59.8 Å². The summed E-state index contributed by atoms with van der Waals surface area (Å²) in [6.07, 6.45) is 4.23. The Labute approximate surface area is 210 Å². The molecule has 0 spiro atoms. The standard InChI is InChI=1S/C32H26N4/c1-21-19-35(29-15-5-3-13-27(29)31(21)33)25-11-7-9-23(17-25)24-10-8-12-26(18-24)36-20-22(2)32(34)28-14-4-6-16-30(28)36/h3-20,33-34H,1-2H3/p+2. The van der Waals surface area contributed by atoms with E-state index in [1.54, 1.807) is 0 Å². The number of anilines is 2. The lowest BCUT2D eigenvalue weighted by Crippen LogP contribution is -2.32.